The van der Waals surface area contributed by atoms with Crippen LogP contribution in [0.4, 0.5) is 4.79 Å². The van der Waals surface area contributed by atoms with Crippen molar-refractivity contribution in [2.75, 3.05) is 13.1 Å². The Hall–Kier alpha value is -3.96. The lowest BCUT2D eigenvalue weighted by Gasteiger charge is -2.42. The Morgan fingerprint density at radius 3 is 2.53 bits per heavy atom. The van der Waals surface area contributed by atoms with Gasteiger partial charge in [0.15, 0.2) is 0 Å². The number of nitrogens with one attached hydrogen (secondary N) is 2. The van der Waals surface area contributed by atoms with Crippen molar-refractivity contribution in [2.45, 2.75) is 37.8 Å². The number of aliphatic carboxylic acids is 1. The van der Waals surface area contributed by atoms with Crippen molar-refractivity contribution in [3.05, 3.63) is 35.9 Å². The van der Waals surface area contributed by atoms with Crippen LogP contribution in [0.25, 0.3) is 0 Å². The minimum atomic E-state index is -1.28. The van der Waals surface area contributed by atoms with Crippen LogP contribution in [0, 0.1) is 0 Å². The summed E-state index contributed by atoms with van der Waals surface area (Å²) in [7, 11) is 0. The van der Waals surface area contributed by atoms with Gasteiger partial charge in [0.2, 0.25) is 11.8 Å². The molecule has 2 aliphatic heterocycles. The number of hydrazine groups is 2. The molecule has 0 radical (unpaired) electrons. The van der Waals surface area contributed by atoms with E-state index in [0.717, 1.165) is 15.0 Å². The van der Waals surface area contributed by atoms with E-state index in [0.29, 0.717) is 18.3 Å². The van der Waals surface area contributed by atoms with Crippen molar-refractivity contribution in [1.82, 2.24) is 25.8 Å². The number of fused-ring (bicyclic) bond motifs is 1. The predicted octanol–water partition coefficient (Wildman–Crippen LogP) is -0.476. The van der Waals surface area contributed by atoms with Gasteiger partial charge in [0.1, 0.15) is 12.3 Å². The van der Waals surface area contributed by atoms with Crippen molar-refractivity contribution in [3.8, 4) is 0 Å². The van der Waals surface area contributed by atoms with Crippen LogP contribution in [0.1, 0.15) is 36.0 Å². The van der Waals surface area contributed by atoms with Crippen molar-refractivity contribution >= 4 is 36.0 Å². The van der Waals surface area contributed by atoms with Crippen molar-refractivity contribution in [3.63, 3.8) is 0 Å². The van der Waals surface area contributed by atoms with Gasteiger partial charge in [0, 0.05) is 18.5 Å². The molecule has 5 amide bonds. The Bertz CT molecular complexity index is 922. The Kier molecular flexibility index (Phi) is 7.03. The Morgan fingerprint density at radius 2 is 1.88 bits per heavy atom. The van der Waals surface area contributed by atoms with E-state index >= 15 is 0 Å². The monoisotopic (exact) mass is 445 g/mol. The average Bonchev–Trinajstić information content (AvgIpc) is 2.90. The first-order valence-corrected chi connectivity index (χ1v) is 10.1. The highest BCUT2D eigenvalue weighted by Gasteiger charge is 2.44. The van der Waals surface area contributed by atoms with E-state index in [-0.39, 0.29) is 25.9 Å². The summed E-state index contributed by atoms with van der Waals surface area (Å²) in [4.78, 5) is 73.2. The molecule has 0 aliphatic carbocycles. The lowest BCUT2D eigenvalue weighted by Crippen LogP contribution is -2.64. The number of amides is 5. The summed E-state index contributed by atoms with van der Waals surface area (Å²) in [6.45, 7) is 0.120. The third kappa shape index (κ3) is 5.02. The van der Waals surface area contributed by atoms with Gasteiger partial charge in [-0.1, -0.05) is 18.2 Å². The normalized spacial score (nSPS) is 19.5. The number of nitrogens with zero attached hydrogens (tertiary/aromatic N) is 3. The summed E-state index contributed by atoms with van der Waals surface area (Å²) in [5.41, 5.74) is 2.78. The third-order valence-corrected chi connectivity index (χ3v) is 5.13. The number of carbonyl (C=O) groups is 6. The van der Waals surface area contributed by atoms with Gasteiger partial charge in [-0.25, -0.2) is 19.8 Å². The van der Waals surface area contributed by atoms with Gasteiger partial charge in [0.25, 0.3) is 5.91 Å². The molecule has 3 rings (SSSR count). The SMILES string of the molecule is O=C[C@H](CC(=O)O)NC(=O)[C@@H]1CCCN2C(=O)CCN(NC(=O)c3ccccc3)C(=O)N12. The van der Waals surface area contributed by atoms with Gasteiger partial charge in [-0.05, 0) is 25.0 Å². The molecule has 3 N–H and O–H groups in total. The molecular weight excluding hydrogens is 422 g/mol. The second-order valence-electron chi connectivity index (χ2n) is 7.36. The molecule has 2 aliphatic rings. The predicted molar refractivity (Wildman–Crippen MR) is 107 cm³/mol. The van der Waals surface area contributed by atoms with Crippen molar-refractivity contribution in [2.24, 2.45) is 0 Å². The molecule has 2 atom stereocenters. The van der Waals surface area contributed by atoms with Crippen LogP contribution in [0.5, 0.6) is 0 Å². The van der Waals surface area contributed by atoms with Gasteiger partial charge in [-0.3, -0.25) is 24.6 Å². The highest BCUT2D eigenvalue weighted by Crippen LogP contribution is 2.24. The Balaban J connectivity index is 1.81. The molecule has 12 heteroatoms. The summed E-state index contributed by atoms with van der Waals surface area (Å²) in [5, 5.41) is 14.3. The maximum absolute atomic E-state index is 13.2. The van der Waals surface area contributed by atoms with Gasteiger partial charge < -0.3 is 15.2 Å². The minimum absolute atomic E-state index is 0.0678. The lowest BCUT2D eigenvalue weighted by molar-refractivity contribution is -0.155. The first-order valence-electron chi connectivity index (χ1n) is 10.1. The van der Waals surface area contributed by atoms with Crippen LogP contribution >= 0.6 is 0 Å². The number of rotatable bonds is 7. The molecule has 32 heavy (non-hydrogen) atoms. The maximum Gasteiger partial charge on any atom is 0.358 e. The molecule has 0 unspecified atom stereocenters. The van der Waals surface area contributed by atoms with Gasteiger partial charge >= 0.3 is 12.0 Å². The van der Waals surface area contributed by atoms with E-state index in [1.54, 1.807) is 30.3 Å². The number of carboxylic acids is 1. The molecule has 1 aromatic rings. The van der Waals surface area contributed by atoms with E-state index in [1.165, 1.54) is 0 Å². The fraction of sp³-hybridized carbons (Fsp3) is 0.400. The summed E-state index contributed by atoms with van der Waals surface area (Å²) >= 11 is 0. The number of carboxylic acid groups (broad SMARTS) is 1. The van der Waals surface area contributed by atoms with E-state index < -0.39 is 48.2 Å². The molecule has 0 saturated carbocycles. The molecule has 2 fully saturated rings. The third-order valence-electron chi connectivity index (χ3n) is 5.13. The summed E-state index contributed by atoms with van der Waals surface area (Å²) < 4.78 is 0. The lowest BCUT2D eigenvalue weighted by atomic mass is 10.1. The smallest absolute Gasteiger partial charge is 0.358 e. The number of hydrogen-bond donors (Lipinski definition) is 3. The zero-order valence-corrected chi connectivity index (χ0v) is 17.1. The quantitative estimate of drug-likeness (QED) is 0.479. The summed E-state index contributed by atoms with van der Waals surface area (Å²) in [5.74, 6) is -2.99. The number of aldehydes is 1. The number of hydrogen-bond acceptors (Lipinski definition) is 6. The molecule has 0 aromatic heterocycles. The summed E-state index contributed by atoms with van der Waals surface area (Å²) in [6.07, 6.45) is 0.239. The van der Waals surface area contributed by atoms with Gasteiger partial charge in [-0.15, -0.1) is 0 Å². The van der Waals surface area contributed by atoms with Crippen LogP contribution in [-0.2, 0) is 19.2 Å². The first kappa shape index (κ1) is 22.7. The molecule has 0 bridgehead atoms. The molecule has 2 saturated heterocycles. The van der Waals surface area contributed by atoms with Crippen LogP contribution in [-0.4, -0.2) is 81.3 Å². The zero-order valence-electron chi connectivity index (χ0n) is 17.1. The number of urea groups is 1. The van der Waals surface area contributed by atoms with Crippen LogP contribution in [0.2, 0.25) is 0 Å². The number of carbonyl (C=O) groups excluding carboxylic acids is 5. The molecule has 0 spiro atoms. The van der Waals surface area contributed by atoms with Gasteiger partial charge in [0.05, 0.1) is 19.0 Å². The molecule has 2 heterocycles. The molecule has 170 valence electrons. The van der Waals surface area contributed by atoms with Crippen LogP contribution < -0.4 is 10.7 Å². The highest BCUT2D eigenvalue weighted by molar-refractivity contribution is 5.96. The molecular formula is C20H23N5O7. The fourth-order valence-corrected chi connectivity index (χ4v) is 3.59. The van der Waals surface area contributed by atoms with E-state index in [4.69, 9.17) is 5.11 Å². The van der Waals surface area contributed by atoms with E-state index in [1.807, 2.05) is 0 Å². The molecule has 12 nitrogen and oxygen atoms in total. The van der Waals surface area contributed by atoms with Crippen molar-refractivity contribution in [1.29, 1.82) is 0 Å². The van der Waals surface area contributed by atoms with Crippen LogP contribution in [0.3, 0.4) is 0 Å². The topological polar surface area (TPSA) is 156 Å². The number of benzene rings is 1. The second kappa shape index (κ2) is 9.90. The Morgan fingerprint density at radius 1 is 1.16 bits per heavy atom. The average molecular weight is 445 g/mol. The second-order valence-corrected chi connectivity index (χ2v) is 7.36. The zero-order chi connectivity index (χ0) is 23.3. The summed E-state index contributed by atoms with van der Waals surface area (Å²) in [6, 6.07) is 4.99. The van der Waals surface area contributed by atoms with Crippen molar-refractivity contribution < 1.29 is 33.9 Å². The molecule has 1 aromatic carbocycles. The van der Waals surface area contributed by atoms with E-state index in [9.17, 15) is 28.8 Å². The Labute approximate surface area is 183 Å². The fourth-order valence-electron chi connectivity index (χ4n) is 3.59. The minimum Gasteiger partial charge on any atom is -0.481 e. The highest BCUT2D eigenvalue weighted by atomic mass is 16.4. The van der Waals surface area contributed by atoms with Crippen LogP contribution in [0.15, 0.2) is 30.3 Å². The van der Waals surface area contributed by atoms with Gasteiger partial charge in [-0.2, -0.15) is 0 Å². The standard InChI is InChI=1S/C20H23N5O7/c26-12-14(11-17(28)29)21-19(31)15-7-4-9-24-16(27)8-10-23(20(32)25(15)24)22-18(30)13-5-2-1-3-6-13/h1-3,5-6,12,14-15H,4,7-11H2,(H,21,31)(H,22,30)(H,28,29)/t14-,15-/m0/s1. The van der Waals surface area contributed by atoms with E-state index in [2.05, 4.69) is 10.7 Å². The maximum atomic E-state index is 13.2. The largest absolute Gasteiger partial charge is 0.481 e. The first-order chi connectivity index (χ1) is 15.3.